The van der Waals surface area contributed by atoms with E-state index >= 15 is 0 Å². The molecule has 0 amide bonds. The second-order valence-corrected chi connectivity index (χ2v) is 8.04. The first kappa shape index (κ1) is 31.6. The summed E-state index contributed by atoms with van der Waals surface area (Å²) in [6.07, 6.45) is 5.89. The number of cyclic esters (lactones) is 1. The number of benzene rings is 1. The third-order valence-corrected chi connectivity index (χ3v) is 5.13. The van der Waals surface area contributed by atoms with Crippen LogP contribution in [0.25, 0.3) is 0 Å². The van der Waals surface area contributed by atoms with E-state index in [1.165, 1.54) is 5.56 Å². The molecule has 0 radical (unpaired) electrons. The molecule has 0 N–H and O–H groups in total. The van der Waals surface area contributed by atoms with Crippen molar-refractivity contribution in [1.29, 1.82) is 0 Å². The van der Waals surface area contributed by atoms with E-state index in [0.29, 0.717) is 46.3 Å². The van der Waals surface area contributed by atoms with Crippen LogP contribution in [0.1, 0.15) is 40.2 Å². The molecule has 0 bridgehead atoms. The molecule has 0 aliphatic carbocycles. The largest absolute Gasteiger partial charge is 0.486 e. The number of hydrogen-bond acceptors (Lipinski definition) is 8. The van der Waals surface area contributed by atoms with E-state index in [9.17, 15) is 4.79 Å². The Labute approximate surface area is 217 Å². The number of carbonyl (C=O) groups is 1. The maximum absolute atomic E-state index is 11.3. The summed E-state index contributed by atoms with van der Waals surface area (Å²) in [7, 11) is 1.66. The molecule has 204 valence electrons. The molecule has 2 aliphatic heterocycles. The zero-order chi connectivity index (χ0) is 26.8. The molecule has 2 atom stereocenters. The van der Waals surface area contributed by atoms with Crippen molar-refractivity contribution in [2.45, 2.75) is 53.8 Å². The van der Waals surface area contributed by atoms with Crippen LogP contribution in [0.3, 0.4) is 0 Å². The quantitative estimate of drug-likeness (QED) is 0.337. The molecular formula is C28H45NO7. The van der Waals surface area contributed by atoms with Gasteiger partial charge in [-0.25, -0.2) is 0 Å². The first-order chi connectivity index (χ1) is 17.4. The zero-order valence-electron chi connectivity index (χ0n) is 23.1. The summed E-state index contributed by atoms with van der Waals surface area (Å²) in [4.78, 5) is 13.2. The number of hydrogen-bond donors (Lipinski definition) is 0. The molecule has 1 fully saturated rings. The maximum atomic E-state index is 11.3. The van der Waals surface area contributed by atoms with E-state index in [4.69, 9.17) is 28.4 Å². The fourth-order valence-corrected chi connectivity index (χ4v) is 3.36. The lowest BCUT2D eigenvalue weighted by molar-refractivity contribution is -0.154. The Hall–Kier alpha value is -2.39. The van der Waals surface area contributed by atoms with Gasteiger partial charge in [0.2, 0.25) is 0 Å². The van der Waals surface area contributed by atoms with Gasteiger partial charge in [-0.2, -0.15) is 0 Å². The second kappa shape index (κ2) is 18.8. The van der Waals surface area contributed by atoms with Crippen LogP contribution in [0.4, 0.5) is 0 Å². The summed E-state index contributed by atoms with van der Waals surface area (Å²) >= 11 is 0. The number of morpholine rings is 1. The van der Waals surface area contributed by atoms with Crippen molar-refractivity contribution in [2.24, 2.45) is 0 Å². The number of nitrogens with zero attached hydrogens (tertiary/aromatic N) is 1. The highest BCUT2D eigenvalue weighted by Crippen LogP contribution is 2.30. The van der Waals surface area contributed by atoms with Crippen LogP contribution in [0.15, 0.2) is 42.0 Å². The molecule has 36 heavy (non-hydrogen) atoms. The van der Waals surface area contributed by atoms with Gasteiger partial charge in [-0.05, 0) is 51.0 Å². The van der Waals surface area contributed by atoms with Gasteiger partial charge in [0.05, 0.1) is 25.4 Å². The predicted octanol–water partition coefficient (Wildman–Crippen LogP) is 4.55. The van der Waals surface area contributed by atoms with Gasteiger partial charge in [0, 0.05) is 20.3 Å². The Kier molecular flexibility index (Phi) is 16.5. The first-order valence-electron chi connectivity index (χ1n) is 12.8. The van der Waals surface area contributed by atoms with Crippen molar-refractivity contribution in [2.75, 3.05) is 60.0 Å². The van der Waals surface area contributed by atoms with Crippen LogP contribution >= 0.6 is 0 Å². The van der Waals surface area contributed by atoms with Crippen molar-refractivity contribution >= 4 is 5.97 Å². The van der Waals surface area contributed by atoms with Crippen LogP contribution in [-0.4, -0.2) is 83.0 Å². The van der Waals surface area contributed by atoms with Gasteiger partial charge in [0.1, 0.15) is 26.6 Å². The molecule has 2 aliphatic rings. The van der Waals surface area contributed by atoms with E-state index in [1.807, 2.05) is 82.9 Å². The van der Waals surface area contributed by atoms with Crippen molar-refractivity contribution in [3.05, 3.63) is 47.6 Å². The third-order valence-electron chi connectivity index (χ3n) is 5.13. The van der Waals surface area contributed by atoms with Crippen LogP contribution in [-0.2, 0) is 23.7 Å². The van der Waals surface area contributed by atoms with E-state index in [1.54, 1.807) is 7.11 Å². The summed E-state index contributed by atoms with van der Waals surface area (Å²) in [6.45, 7) is 16.3. The molecule has 8 heteroatoms. The van der Waals surface area contributed by atoms with E-state index in [2.05, 4.69) is 0 Å². The second-order valence-electron chi connectivity index (χ2n) is 8.04. The number of methoxy groups -OCH3 is 1. The van der Waals surface area contributed by atoms with E-state index in [-0.39, 0.29) is 24.7 Å². The van der Waals surface area contributed by atoms with Gasteiger partial charge in [0.15, 0.2) is 11.5 Å². The third kappa shape index (κ3) is 12.5. The molecular weight excluding hydrogens is 462 g/mol. The van der Waals surface area contributed by atoms with Gasteiger partial charge >= 0.3 is 5.97 Å². The highest BCUT2D eigenvalue weighted by Gasteiger charge is 2.19. The number of fused-ring (bicyclic) bond motifs is 1. The molecule has 1 aromatic carbocycles. The lowest BCUT2D eigenvalue weighted by Crippen LogP contribution is -2.41. The summed E-state index contributed by atoms with van der Waals surface area (Å²) < 4.78 is 32.2. The van der Waals surface area contributed by atoms with Crippen molar-refractivity contribution in [1.82, 2.24) is 4.90 Å². The topological polar surface area (TPSA) is 75.7 Å². The predicted molar refractivity (Wildman–Crippen MR) is 142 cm³/mol. The highest BCUT2D eigenvalue weighted by atomic mass is 16.6. The van der Waals surface area contributed by atoms with E-state index in [0.717, 1.165) is 17.1 Å². The average Bonchev–Trinajstić information content (AvgIpc) is 2.88. The number of rotatable bonds is 10. The normalized spacial score (nSPS) is 17.3. The molecule has 1 aromatic rings. The van der Waals surface area contributed by atoms with Crippen molar-refractivity contribution in [3.8, 4) is 11.5 Å². The zero-order valence-corrected chi connectivity index (χ0v) is 23.1. The fourth-order valence-electron chi connectivity index (χ4n) is 3.36. The SMILES string of the molecule is CC.CCOC(C)/C=C(\C=C/COC)[C@H](C)OCN1CCOC(=O)C1.Cc1ccc2c(c1)OCCO2. The average molecular weight is 508 g/mol. The van der Waals surface area contributed by atoms with Crippen LogP contribution < -0.4 is 9.47 Å². The minimum atomic E-state index is -0.201. The fraction of sp³-hybridized carbons (Fsp3) is 0.607. The Bertz CT molecular complexity index is 809. The number of carbonyl (C=O) groups excluding carboxylic acids is 1. The Balaban J connectivity index is 0.000000410. The molecule has 0 aromatic heterocycles. The summed E-state index contributed by atoms with van der Waals surface area (Å²) in [5.41, 5.74) is 2.23. The summed E-state index contributed by atoms with van der Waals surface area (Å²) in [5.74, 6) is 1.53. The highest BCUT2D eigenvalue weighted by molar-refractivity contribution is 5.72. The minimum Gasteiger partial charge on any atom is -0.486 e. The number of ether oxygens (including phenoxy) is 6. The lowest BCUT2D eigenvalue weighted by atomic mass is 10.1. The lowest BCUT2D eigenvalue weighted by Gasteiger charge is -2.27. The summed E-state index contributed by atoms with van der Waals surface area (Å²) in [6, 6.07) is 5.96. The Morgan fingerprint density at radius 1 is 1.08 bits per heavy atom. The number of aryl methyl sites for hydroxylation is 1. The van der Waals surface area contributed by atoms with Crippen molar-refractivity contribution < 1.29 is 33.2 Å². The molecule has 2 heterocycles. The number of esters is 1. The van der Waals surface area contributed by atoms with Gasteiger partial charge in [0.25, 0.3) is 0 Å². The molecule has 0 saturated carbocycles. The molecule has 1 saturated heterocycles. The van der Waals surface area contributed by atoms with Gasteiger partial charge in [-0.1, -0.05) is 38.1 Å². The van der Waals surface area contributed by atoms with Gasteiger partial charge in [-0.15, -0.1) is 0 Å². The van der Waals surface area contributed by atoms with Gasteiger partial charge < -0.3 is 28.4 Å². The van der Waals surface area contributed by atoms with Crippen molar-refractivity contribution in [3.63, 3.8) is 0 Å². The molecule has 1 unspecified atom stereocenters. The van der Waals surface area contributed by atoms with Crippen LogP contribution in [0.2, 0.25) is 0 Å². The van der Waals surface area contributed by atoms with E-state index < -0.39 is 0 Å². The first-order valence-corrected chi connectivity index (χ1v) is 12.8. The molecule has 3 rings (SSSR count). The monoisotopic (exact) mass is 507 g/mol. The van der Waals surface area contributed by atoms with Gasteiger partial charge in [-0.3, -0.25) is 9.69 Å². The Morgan fingerprint density at radius 3 is 2.47 bits per heavy atom. The Morgan fingerprint density at radius 2 is 1.81 bits per heavy atom. The van der Waals surface area contributed by atoms with Crippen LogP contribution in [0, 0.1) is 6.92 Å². The molecule has 8 nitrogen and oxygen atoms in total. The van der Waals surface area contributed by atoms with Crippen LogP contribution in [0.5, 0.6) is 11.5 Å². The molecule has 0 spiro atoms. The standard InChI is InChI=1S/C17H29NO5.C9H10O2.C2H6/c1-5-21-14(2)11-16(7-6-9-20-4)15(3)23-13-18-8-10-22-17(19)12-18;1-7-2-3-8-9(6-7)11-5-4-10-8;1-2/h6-7,11,14-15H,5,8-10,12-13H2,1-4H3;2-3,6H,4-5H2,1H3;1-2H3/b7-6-,16-11+;;/t14?,15-;;/m0../s1. The summed E-state index contributed by atoms with van der Waals surface area (Å²) in [5, 5.41) is 0. The minimum absolute atomic E-state index is 0.0122. The maximum Gasteiger partial charge on any atom is 0.320 e. The smallest absolute Gasteiger partial charge is 0.320 e.